The molecule has 0 fully saturated rings. The second-order valence-electron chi connectivity index (χ2n) is 4.77. The van der Waals surface area contributed by atoms with Gasteiger partial charge in [-0.15, -0.1) is 0 Å². The number of rotatable bonds is 2. The Hall–Kier alpha value is -2.16. The Kier molecular flexibility index (Phi) is 3.03. The molecule has 2 aromatic carbocycles. The molecule has 0 heterocycles. The number of hydrogen-bond acceptors (Lipinski definition) is 1. The topological polar surface area (TPSA) is 29.1 Å². The maximum Gasteiger partial charge on any atom is 0.251 e. The SMILES string of the molecule is O=C(N[C@H]1CCc2ccccc21)c1cccc(F)c1. The van der Waals surface area contributed by atoms with Gasteiger partial charge in [-0.25, -0.2) is 4.39 Å². The number of nitrogens with one attached hydrogen (secondary N) is 1. The van der Waals surface area contributed by atoms with Crippen molar-refractivity contribution in [3.05, 3.63) is 71.0 Å². The number of amides is 1. The first-order chi connectivity index (χ1) is 9.24. The smallest absolute Gasteiger partial charge is 0.251 e. The average Bonchev–Trinajstić information content (AvgIpc) is 2.82. The summed E-state index contributed by atoms with van der Waals surface area (Å²) in [4.78, 5) is 12.1. The van der Waals surface area contributed by atoms with Gasteiger partial charge in [0.1, 0.15) is 5.82 Å². The van der Waals surface area contributed by atoms with Crippen LogP contribution in [-0.4, -0.2) is 5.91 Å². The molecule has 3 rings (SSSR count). The van der Waals surface area contributed by atoms with Crippen molar-refractivity contribution in [1.82, 2.24) is 5.32 Å². The molecule has 2 nitrogen and oxygen atoms in total. The molecule has 1 atom stereocenters. The van der Waals surface area contributed by atoms with Crippen molar-refractivity contribution in [2.75, 3.05) is 0 Å². The molecule has 2 aromatic rings. The van der Waals surface area contributed by atoms with Gasteiger partial charge in [0.25, 0.3) is 5.91 Å². The van der Waals surface area contributed by atoms with E-state index in [9.17, 15) is 9.18 Å². The maximum atomic E-state index is 13.1. The largest absolute Gasteiger partial charge is 0.345 e. The minimum atomic E-state index is -0.389. The number of carbonyl (C=O) groups is 1. The van der Waals surface area contributed by atoms with Crippen molar-refractivity contribution >= 4 is 5.91 Å². The first-order valence-corrected chi connectivity index (χ1v) is 6.38. The highest BCUT2D eigenvalue weighted by Crippen LogP contribution is 2.30. The van der Waals surface area contributed by atoms with E-state index in [0.29, 0.717) is 5.56 Å². The van der Waals surface area contributed by atoms with E-state index < -0.39 is 0 Å². The van der Waals surface area contributed by atoms with E-state index in [-0.39, 0.29) is 17.8 Å². The predicted octanol–water partition coefficient (Wildman–Crippen LogP) is 3.24. The van der Waals surface area contributed by atoms with Crippen LogP contribution in [0.3, 0.4) is 0 Å². The molecule has 0 spiro atoms. The van der Waals surface area contributed by atoms with Crippen LogP contribution in [0.25, 0.3) is 0 Å². The van der Waals surface area contributed by atoms with Crippen LogP contribution in [0.15, 0.2) is 48.5 Å². The van der Waals surface area contributed by atoms with Crippen LogP contribution >= 0.6 is 0 Å². The summed E-state index contributed by atoms with van der Waals surface area (Å²) >= 11 is 0. The van der Waals surface area contributed by atoms with E-state index in [1.165, 1.54) is 23.3 Å². The zero-order valence-electron chi connectivity index (χ0n) is 10.4. The van der Waals surface area contributed by atoms with Crippen LogP contribution in [0.1, 0.15) is 33.9 Å². The van der Waals surface area contributed by atoms with E-state index in [2.05, 4.69) is 11.4 Å². The van der Waals surface area contributed by atoms with Crippen LogP contribution in [0.2, 0.25) is 0 Å². The lowest BCUT2D eigenvalue weighted by molar-refractivity contribution is 0.0936. The van der Waals surface area contributed by atoms with Gasteiger partial charge < -0.3 is 5.32 Å². The number of hydrogen-bond donors (Lipinski definition) is 1. The fourth-order valence-corrected chi connectivity index (χ4v) is 2.58. The minimum Gasteiger partial charge on any atom is -0.345 e. The van der Waals surface area contributed by atoms with Crippen molar-refractivity contribution in [2.24, 2.45) is 0 Å². The van der Waals surface area contributed by atoms with Gasteiger partial charge in [0, 0.05) is 5.56 Å². The molecular formula is C16H14FNO. The third-order valence-corrected chi connectivity index (χ3v) is 3.52. The number of fused-ring (bicyclic) bond motifs is 1. The van der Waals surface area contributed by atoms with Crippen LogP contribution in [0, 0.1) is 5.82 Å². The van der Waals surface area contributed by atoms with Gasteiger partial charge in [0.15, 0.2) is 0 Å². The van der Waals surface area contributed by atoms with E-state index in [1.54, 1.807) is 12.1 Å². The molecular weight excluding hydrogens is 241 g/mol. The fraction of sp³-hybridized carbons (Fsp3) is 0.188. The van der Waals surface area contributed by atoms with Gasteiger partial charge in [0.2, 0.25) is 0 Å². The molecule has 3 heteroatoms. The average molecular weight is 255 g/mol. The van der Waals surface area contributed by atoms with Crippen molar-refractivity contribution in [1.29, 1.82) is 0 Å². The molecule has 0 unspecified atom stereocenters. The Morgan fingerprint density at radius 2 is 2.00 bits per heavy atom. The molecule has 0 radical (unpaired) electrons. The Balaban J connectivity index is 1.78. The fourth-order valence-electron chi connectivity index (χ4n) is 2.58. The zero-order valence-corrected chi connectivity index (χ0v) is 10.4. The van der Waals surface area contributed by atoms with E-state index in [1.807, 2.05) is 18.2 Å². The highest BCUT2D eigenvalue weighted by atomic mass is 19.1. The van der Waals surface area contributed by atoms with Crippen LogP contribution in [0.5, 0.6) is 0 Å². The van der Waals surface area contributed by atoms with Gasteiger partial charge in [-0.05, 0) is 42.2 Å². The highest BCUT2D eigenvalue weighted by Gasteiger charge is 2.23. The van der Waals surface area contributed by atoms with Gasteiger partial charge in [-0.3, -0.25) is 4.79 Å². The quantitative estimate of drug-likeness (QED) is 0.877. The summed E-state index contributed by atoms with van der Waals surface area (Å²) in [7, 11) is 0. The summed E-state index contributed by atoms with van der Waals surface area (Å²) in [6.07, 6.45) is 1.88. The third kappa shape index (κ3) is 2.36. The molecule has 0 aliphatic heterocycles. The first-order valence-electron chi connectivity index (χ1n) is 6.38. The summed E-state index contributed by atoms with van der Waals surface area (Å²) in [6.45, 7) is 0. The normalized spacial score (nSPS) is 17.0. The summed E-state index contributed by atoms with van der Waals surface area (Å²) in [5.41, 5.74) is 2.82. The molecule has 96 valence electrons. The third-order valence-electron chi connectivity index (χ3n) is 3.52. The Bertz CT molecular complexity index is 624. The predicted molar refractivity (Wildman–Crippen MR) is 71.4 cm³/mol. The van der Waals surface area contributed by atoms with Gasteiger partial charge in [0.05, 0.1) is 6.04 Å². The second-order valence-corrected chi connectivity index (χ2v) is 4.77. The minimum absolute atomic E-state index is 0.0342. The van der Waals surface area contributed by atoms with E-state index in [0.717, 1.165) is 12.8 Å². The van der Waals surface area contributed by atoms with Gasteiger partial charge in [-0.1, -0.05) is 30.3 Å². The van der Waals surface area contributed by atoms with Gasteiger partial charge in [-0.2, -0.15) is 0 Å². The summed E-state index contributed by atoms with van der Waals surface area (Å²) in [6, 6.07) is 13.9. The molecule has 0 bridgehead atoms. The lowest BCUT2D eigenvalue weighted by Gasteiger charge is -2.14. The highest BCUT2D eigenvalue weighted by molar-refractivity contribution is 5.94. The lowest BCUT2D eigenvalue weighted by Crippen LogP contribution is -2.27. The maximum absolute atomic E-state index is 13.1. The summed E-state index contributed by atoms with van der Waals surface area (Å²) < 4.78 is 13.1. The van der Waals surface area contributed by atoms with E-state index in [4.69, 9.17) is 0 Å². The molecule has 19 heavy (non-hydrogen) atoms. The second kappa shape index (κ2) is 4.84. The molecule has 1 N–H and O–H groups in total. The lowest BCUT2D eigenvalue weighted by atomic mass is 10.1. The summed E-state index contributed by atoms with van der Waals surface area (Å²) in [5.74, 6) is -0.610. The molecule has 1 aliphatic carbocycles. The van der Waals surface area contributed by atoms with Crippen molar-refractivity contribution in [2.45, 2.75) is 18.9 Å². The number of halogens is 1. The van der Waals surface area contributed by atoms with E-state index >= 15 is 0 Å². The Morgan fingerprint density at radius 3 is 2.84 bits per heavy atom. The van der Waals surface area contributed by atoms with Crippen molar-refractivity contribution in [3.63, 3.8) is 0 Å². The van der Waals surface area contributed by atoms with Crippen molar-refractivity contribution < 1.29 is 9.18 Å². The molecule has 0 saturated carbocycles. The molecule has 0 saturated heterocycles. The number of aryl methyl sites for hydroxylation is 1. The summed E-state index contributed by atoms with van der Waals surface area (Å²) in [5, 5.41) is 2.97. The van der Waals surface area contributed by atoms with Crippen LogP contribution in [-0.2, 0) is 6.42 Å². The first kappa shape index (κ1) is 11.9. The monoisotopic (exact) mass is 255 g/mol. The standard InChI is InChI=1S/C16H14FNO/c17-13-6-3-5-12(10-13)16(19)18-15-9-8-11-4-1-2-7-14(11)15/h1-7,10,15H,8-9H2,(H,18,19)/t15-/m0/s1. The Morgan fingerprint density at radius 1 is 1.16 bits per heavy atom. The Labute approximate surface area is 111 Å². The van der Waals surface area contributed by atoms with Crippen molar-refractivity contribution in [3.8, 4) is 0 Å². The van der Waals surface area contributed by atoms with Crippen LogP contribution < -0.4 is 5.32 Å². The molecule has 1 amide bonds. The molecule has 1 aliphatic rings. The van der Waals surface area contributed by atoms with Crippen LogP contribution in [0.4, 0.5) is 4.39 Å². The molecule has 0 aromatic heterocycles. The number of benzene rings is 2. The van der Waals surface area contributed by atoms with Gasteiger partial charge >= 0.3 is 0 Å². The number of carbonyl (C=O) groups excluding carboxylic acids is 1. The zero-order chi connectivity index (χ0) is 13.2.